The highest BCUT2D eigenvalue weighted by Crippen LogP contribution is 2.40. The molecule has 0 saturated carbocycles. The highest BCUT2D eigenvalue weighted by Gasteiger charge is 2.24. The van der Waals surface area contributed by atoms with Crippen molar-refractivity contribution >= 4 is 17.6 Å². The lowest BCUT2D eigenvalue weighted by Crippen LogP contribution is -2.12. The summed E-state index contributed by atoms with van der Waals surface area (Å²) in [4.78, 5) is 10.5. The van der Waals surface area contributed by atoms with Gasteiger partial charge in [-0.1, -0.05) is 11.6 Å². The zero-order valence-corrected chi connectivity index (χ0v) is 8.49. The van der Waals surface area contributed by atoms with Gasteiger partial charge in [0.15, 0.2) is 17.6 Å². The van der Waals surface area contributed by atoms with Crippen molar-refractivity contribution < 1.29 is 25.2 Å². The van der Waals surface area contributed by atoms with Gasteiger partial charge in [0.25, 0.3) is 0 Å². The molecule has 0 fully saturated rings. The van der Waals surface area contributed by atoms with Gasteiger partial charge in [-0.25, -0.2) is 4.79 Å². The van der Waals surface area contributed by atoms with Crippen LogP contribution in [0.1, 0.15) is 17.2 Å². The van der Waals surface area contributed by atoms with Crippen molar-refractivity contribution in [1.29, 1.82) is 0 Å². The predicted molar refractivity (Wildman–Crippen MR) is 52.1 cm³/mol. The van der Waals surface area contributed by atoms with Gasteiger partial charge in [-0.05, 0) is 18.6 Å². The molecule has 0 aliphatic carbocycles. The normalized spacial score (nSPS) is 12.5. The second kappa shape index (κ2) is 3.96. The maximum absolute atomic E-state index is 10.5. The second-order valence-corrected chi connectivity index (χ2v) is 3.41. The first-order chi connectivity index (χ1) is 6.86. The fourth-order valence-corrected chi connectivity index (χ4v) is 1.57. The number of benzene rings is 1. The van der Waals surface area contributed by atoms with Crippen molar-refractivity contribution in [2.75, 3.05) is 0 Å². The molecule has 5 nitrogen and oxygen atoms in total. The monoisotopic (exact) mass is 232 g/mol. The van der Waals surface area contributed by atoms with Crippen LogP contribution in [0, 0.1) is 6.92 Å². The zero-order chi connectivity index (χ0) is 11.7. The largest absolute Gasteiger partial charge is 0.504 e. The van der Waals surface area contributed by atoms with Gasteiger partial charge in [0.1, 0.15) is 0 Å². The number of aryl methyl sites for hydroxylation is 1. The number of carboxylic acid groups (broad SMARTS) is 1. The minimum Gasteiger partial charge on any atom is -0.504 e. The topological polar surface area (TPSA) is 98.0 Å². The molecule has 0 heterocycles. The van der Waals surface area contributed by atoms with E-state index in [9.17, 15) is 15.0 Å². The van der Waals surface area contributed by atoms with E-state index in [-0.39, 0.29) is 16.1 Å². The third-order valence-electron chi connectivity index (χ3n) is 1.97. The van der Waals surface area contributed by atoms with Crippen LogP contribution in [0.25, 0.3) is 0 Å². The third-order valence-corrected chi connectivity index (χ3v) is 2.36. The number of aliphatic carboxylic acids is 1. The van der Waals surface area contributed by atoms with Crippen molar-refractivity contribution in [3.05, 3.63) is 22.2 Å². The van der Waals surface area contributed by atoms with Gasteiger partial charge in [0.05, 0.1) is 5.02 Å². The van der Waals surface area contributed by atoms with Crippen molar-refractivity contribution in [2.24, 2.45) is 0 Å². The van der Waals surface area contributed by atoms with Crippen LogP contribution >= 0.6 is 11.6 Å². The molecule has 6 heteroatoms. The van der Waals surface area contributed by atoms with E-state index >= 15 is 0 Å². The minimum absolute atomic E-state index is 0.125. The molecule has 0 aliphatic rings. The summed E-state index contributed by atoms with van der Waals surface area (Å²) in [6, 6.07) is 1.13. The van der Waals surface area contributed by atoms with E-state index in [2.05, 4.69) is 0 Å². The molecule has 1 rings (SSSR count). The Balaban J connectivity index is 3.42. The molecule has 0 spiro atoms. The number of carboxylic acids is 1. The molecule has 82 valence electrons. The first kappa shape index (κ1) is 11.6. The zero-order valence-electron chi connectivity index (χ0n) is 7.73. The average Bonchev–Trinajstić information content (AvgIpc) is 2.14. The molecule has 1 unspecified atom stereocenters. The highest BCUT2D eigenvalue weighted by molar-refractivity contribution is 6.33. The first-order valence-electron chi connectivity index (χ1n) is 3.98. The number of hydrogen-bond acceptors (Lipinski definition) is 4. The molecular formula is C9H9ClO5. The van der Waals surface area contributed by atoms with Crippen LogP contribution in [0.3, 0.4) is 0 Å². The van der Waals surface area contributed by atoms with E-state index in [1.807, 2.05) is 0 Å². The first-order valence-corrected chi connectivity index (χ1v) is 4.35. The molecule has 1 aromatic rings. The molecule has 0 aromatic heterocycles. The lowest BCUT2D eigenvalue weighted by atomic mass is 10.0. The molecular weight excluding hydrogens is 224 g/mol. The second-order valence-electron chi connectivity index (χ2n) is 3.03. The molecule has 4 N–H and O–H groups in total. The van der Waals surface area contributed by atoms with Crippen molar-refractivity contribution in [2.45, 2.75) is 13.0 Å². The summed E-state index contributed by atoms with van der Waals surface area (Å²) >= 11 is 5.61. The van der Waals surface area contributed by atoms with E-state index < -0.39 is 23.6 Å². The van der Waals surface area contributed by atoms with E-state index in [4.69, 9.17) is 21.8 Å². The minimum atomic E-state index is -1.83. The van der Waals surface area contributed by atoms with Crippen LogP contribution in [-0.4, -0.2) is 26.4 Å². The molecule has 0 amide bonds. The van der Waals surface area contributed by atoms with Crippen molar-refractivity contribution in [3.63, 3.8) is 0 Å². The quantitative estimate of drug-likeness (QED) is 0.574. The number of halogens is 1. The van der Waals surface area contributed by atoms with Crippen molar-refractivity contribution in [3.8, 4) is 11.5 Å². The Morgan fingerprint density at radius 3 is 2.47 bits per heavy atom. The molecule has 1 aromatic carbocycles. The summed E-state index contributed by atoms with van der Waals surface area (Å²) in [7, 11) is 0. The van der Waals surface area contributed by atoms with Crippen LogP contribution in [0.4, 0.5) is 0 Å². The van der Waals surface area contributed by atoms with Crippen LogP contribution in [0.15, 0.2) is 6.07 Å². The number of phenolic OH excluding ortho intramolecular Hbond substituents is 2. The smallest absolute Gasteiger partial charge is 0.337 e. The van der Waals surface area contributed by atoms with E-state index in [0.29, 0.717) is 0 Å². The summed E-state index contributed by atoms with van der Waals surface area (Å²) in [5, 5.41) is 35.9. The molecule has 0 radical (unpaired) electrons. The Bertz CT molecular complexity index is 415. The molecule has 1 atom stereocenters. The maximum Gasteiger partial charge on any atom is 0.337 e. The van der Waals surface area contributed by atoms with Gasteiger partial charge in [-0.2, -0.15) is 0 Å². The molecule has 0 bridgehead atoms. The number of aromatic hydroxyl groups is 2. The van der Waals surface area contributed by atoms with Gasteiger partial charge < -0.3 is 20.4 Å². The van der Waals surface area contributed by atoms with Crippen molar-refractivity contribution in [1.82, 2.24) is 0 Å². The number of hydrogen-bond donors (Lipinski definition) is 4. The van der Waals surface area contributed by atoms with Gasteiger partial charge in [-0.15, -0.1) is 0 Å². The van der Waals surface area contributed by atoms with Crippen LogP contribution in [-0.2, 0) is 4.79 Å². The molecule has 0 aliphatic heterocycles. The summed E-state index contributed by atoms with van der Waals surface area (Å²) in [6.07, 6.45) is -1.83. The predicted octanol–water partition coefficient (Wildman–Crippen LogP) is 1.18. The summed E-state index contributed by atoms with van der Waals surface area (Å²) in [5.41, 5.74) is 0.157. The highest BCUT2D eigenvalue weighted by atomic mass is 35.5. The SMILES string of the molecule is Cc1cc(O)c(O)c(Cl)c1C(O)C(=O)O. The molecule has 0 saturated heterocycles. The summed E-state index contributed by atoms with van der Waals surface area (Å²) in [5.74, 6) is -2.58. The standard InChI is InChI=1S/C9H9ClO5/c1-3-2-4(11)7(12)6(10)5(3)8(13)9(14)15/h2,8,11-13H,1H3,(H,14,15). The lowest BCUT2D eigenvalue weighted by molar-refractivity contribution is -0.147. The summed E-state index contributed by atoms with van der Waals surface area (Å²) in [6.45, 7) is 1.46. The number of phenols is 2. The Kier molecular flexibility index (Phi) is 3.06. The summed E-state index contributed by atoms with van der Waals surface area (Å²) < 4.78 is 0. The van der Waals surface area contributed by atoms with Crippen LogP contribution < -0.4 is 0 Å². The lowest BCUT2D eigenvalue weighted by Gasteiger charge is -2.13. The van der Waals surface area contributed by atoms with E-state index in [1.165, 1.54) is 6.92 Å². The number of carbonyl (C=O) groups is 1. The van der Waals surface area contributed by atoms with Gasteiger partial charge in [-0.3, -0.25) is 0 Å². The van der Waals surface area contributed by atoms with Gasteiger partial charge in [0.2, 0.25) is 0 Å². The molecule has 15 heavy (non-hydrogen) atoms. The number of aliphatic hydroxyl groups is 1. The average molecular weight is 233 g/mol. The van der Waals surface area contributed by atoms with Gasteiger partial charge in [0, 0.05) is 5.56 Å². The Morgan fingerprint density at radius 2 is 2.00 bits per heavy atom. The third kappa shape index (κ3) is 1.98. The van der Waals surface area contributed by atoms with E-state index in [0.717, 1.165) is 6.07 Å². The van der Waals surface area contributed by atoms with E-state index in [1.54, 1.807) is 0 Å². The Morgan fingerprint density at radius 1 is 1.47 bits per heavy atom. The number of aliphatic hydroxyl groups excluding tert-OH is 1. The van der Waals surface area contributed by atoms with Crippen LogP contribution in [0.5, 0.6) is 11.5 Å². The van der Waals surface area contributed by atoms with Gasteiger partial charge >= 0.3 is 5.97 Å². The Hall–Kier alpha value is -1.46. The van der Waals surface area contributed by atoms with Crippen LogP contribution in [0.2, 0.25) is 5.02 Å². The fraction of sp³-hybridized carbons (Fsp3) is 0.222. The maximum atomic E-state index is 10.5. The number of rotatable bonds is 2. The fourth-order valence-electron chi connectivity index (χ4n) is 1.22. The Labute approximate surface area is 90.2 Å².